The van der Waals surface area contributed by atoms with Crippen LogP contribution in [0.2, 0.25) is 0 Å². The predicted octanol–water partition coefficient (Wildman–Crippen LogP) is 3.86. The summed E-state index contributed by atoms with van der Waals surface area (Å²) in [6.07, 6.45) is 2.48. The molecular formula is C19H25N3O2S. The molecule has 0 aliphatic rings. The van der Waals surface area contributed by atoms with Crippen molar-refractivity contribution in [2.24, 2.45) is 5.92 Å². The fourth-order valence-corrected chi connectivity index (χ4v) is 3.39. The summed E-state index contributed by atoms with van der Waals surface area (Å²) in [6.45, 7) is 6.18. The Bertz CT molecular complexity index is 706. The number of aromatic nitrogens is 1. The van der Waals surface area contributed by atoms with E-state index >= 15 is 0 Å². The van der Waals surface area contributed by atoms with Crippen LogP contribution in [0.5, 0.6) is 0 Å². The maximum atomic E-state index is 12.0. The summed E-state index contributed by atoms with van der Waals surface area (Å²) in [7, 11) is 0. The number of thiazole rings is 1. The third-order valence-electron chi connectivity index (χ3n) is 4.05. The van der Waals surface area contributed by atoms with Crippen LogP contribution < -0.4 is 10.6 Å². The van der Waals surface area contributed by atoms with E-state index in [1.54, 1.807) is 11.3 Å². The average Bonchev–Trinajstić information content (AvgIpc) is 3.05. The van der Waals surface area contributed by atoms with Crippen LogP contribution in [0.4, 0.5) is 5.69 Å². The Hall–Kier alpha value is -2.21. The Morgan fingerprint density at radius 1 is 1.16 bits per heavy atom. The van der Waals surface area contributed by atoms with Crippen LogP contribution in [0.15, 0.2) is 29.6 Å². The summed E-state index contributed by atoms with van der Waals surface area (Å²) in [6, 6.07) is 7.62. The number of hydrogen-bond donors (Lipinski definition) is 2. The van der Waals surface area contributed by atoms with Gasteiger partial charge in [-0.15, -0.1) is 11.3 Å². The van der Waals surface area contributed by atoms with E-state index in [1.165, 1.54) is 6.92 Å². The zero-order valence-corrected chi connectivity index (χ0v) is 15.8. The first-order valence-corrected chi connectivity index (χ1v) is 9.51. The topological polar surface area (TPSA) is 71.1 Å². The van der Waals surface area contributed by atoms with Gasteiger partial charge < -0.3 is 10.6 Å². The van der Waals surface area contributed by atoms with Gasteiger partial charge in [-0.05, 0) is 25.0 Å². The largest absolute Gasteiger partial charge is 0.355 e. The van der Waals surface area contributed by atoms with E-state index in [9.17, 15) is 9.59 Å². The monoisotopic (exact) mass is 359 g/mol. The first kappa shape index (κ1) is 19.1. The van der Waals surface area contributed by atoms with Crippen molar-refractivity contribution >= 4 is 28.8 Å². The normalized spacial score (nSPS) is 10.7. The highest BCUT2D eigenvalue weighted by Gasteiger charge is 2.13. The molecule has 0 aliphatic heterocycles. The minimum atomic E-state index is -0.0841. The van der Waals surface area contributed by atoms with Gasteiger partial charge in [0.1, 0.15) is 0 Å². The number of rotatable bonds is 8. The lowest BCUT2D eigenvalue weighted by atomic mass is 10.0. The van der Waals surface area contributed by atoms with Gasteiger partial charge in [-0.2, -0.15) is 0 Å². The maximum absolute atomic E-state index is 12.0. The molecule has 0 bridgehead atoms. The zero-order valence-electron chi connectivity index (χ0n) is 15.0. The highest BCUT2D eigenvalue weighted by Crippen LogP contribution is 2.23. The molecule has 0 aliphatic carbocycles. The number of anilines is 1. The zero-order chi connectivity index (χ0) is 18.2. The minimum absolute atomic E-state index is 0.0841. The molecule has 0 fully saturated rings. The van der Waals surface area contributed by atoms with Crippen molar-refractivity contribution < 1.29 is 9.59 Å². The van der Waals surface area contributed by atoms with Crippen LogP contribution in [0, 0.1) is 5.92 Å². The number of benzene rings is 1. The molecule has 2 amide bonds. The third-order valence-corrected chi connectivity index (χ3v) is 4.96. The first-order valence-electron chi connectivity index (χ1n) is 8.63. The molecule has 0 saturated carbocycles. The summed E-state index contributed by atoms with van der Waals surface area (Å²) in [4.78, 5) is 27.7. The number of carbonyl (C=O) groups excluding carboxylic acids is 2. The van der Waals surface area contributed by atoms with Gasteiger partial charge >= 0.3 is 0 Å². The highest BCUT2D eigenvalue weighted by molar-refractivity contribution is 7.09. The molecule has 1 aromatic heterocycles. The summed E-state index contributed by atoms with van der Waals surface area (Å²) >= 11 is 1.60. The Kier molecular flexibility index (Phi) is 7.13. The lowest BCUT2D eigenvalue weighted by molar-refractivity contribution is -0.125. The summed E-state index contributed by atoms with van der Waals surface area (Å²) in [5.41, 5.74) is 2.70. The van der Waals surface area contributed by atoms with E-state index in [0.29, 0.717) is 6.54 Å². The lowest BCUT2D eigenvalue weighted by Gasteiger charge is -2.11. The smallest absolute Gasteiger partial charge is 0.223 e. The highest BCUT2D eigenvalue weighted by atomic mass is 32.1. The molecule has 2 N–H and O–H groups in total. The van der Waals surface area contributed by atoms with E-state index in [2.05, 4.69) is 15.6 Å². The second kappa shape index (κ2) is 9.32. The van der Waals surface area contributed by atoms with Crippen LogP contribution in [0.1, 0.15) is 38.6 Å². The van der Waals surface area contributed by atoms with Crippen LogP contribution in [-0.2, 0) is 16.0 Å². The molecule has 0 saturated heterocycles. The summed E-state index contributed by atoms with van der Waals surface area (Å²) in [5, 5.41) is 8.77. The molecule has 25 heavy (non-hydrogen) atoms. The van der Waals surface area contributed by atoms with Gasteiger partial charge in [-0.25, -0.2) is 4.98 Å². The van der Waals surface area contributed by atoms with Crippen molar-refractivity contribution in [3.8, 4) is 11.3 Å². The van der Waals surface area contributed by atoms with E-state index < -0.39 is 0 Å². The molecule has 0 unspecified atom stereocenters. The van der Waals surface area contributed by atoms with E-state index in [1.807, 2.05) is 43.5 Å². The first-order chi connectivity index (χ1) is 12.0. The van der Waals surface area contributed by atoms with Crippen molar-refractivity contribution in [3.05, 3.63) is 34.7 Å². The maximum Gasteiger partial charge on any atom is 0.223 e. The quantitative estimate of drug-likeness (QED) is 0.752. The third kappa shape index (κ3) is 5.67. The van der Waals surface area contributed by atoms with Crippen LogP contribution in [0.3, 0.4) is 0 Å². The van der Waals surface area contributed by atoms with Crippen LogP contribution in [-0.4, -0.2) is 23.3 Å². The van der Waals surface area contributed by atoms with Crippen molar-refractivity contribution in [2.75, 3.05) is 11.9 Å². The van der Waals surface area contributed by atoms with Gasteiger partial charge in [0.05, 0.1) is 10.7 Å². The number of hydrogen-bond acceptors (Lipinski definition) is 4. The van der Waals surface area contributed by atoms with Gasteiger partial charge in [0.15, 0.2) is 0 Å². The second-order valence-corrected chi connectivity index (χ2v) is 6.88. The van der Waals surface area contributed by atoms with Crippen LogP contribution >= 0.6 is 11.3 Å². The molecule has 134 valence electrons. The molecule has 1 heterocycles. The van der Waals surface area contributed by atoms with Crippen molar-refractivity contribution in [3.63, 3.8) is 0 Å². The molecular weight excluding hydrogens is 334 g/mol. The fourth-order valence-electron chi connectivity index (χ4n) is 2.58. The molecule has 2 aromatic rings. The molecule has 1 aromatic carbocycles. The van der Waals surface area contributed by atoms with E-state index in [0.717, 1.165) is 41.2 Å². The number of nitrogens with zero attached hydrogens (tertiary/aromatic N) is 1. The van der Waals surface area contributed by atoms with Gasteiger partial charge in [-0.1, -0.05) is 26.0 Å². The Labute approximate surface area is 152 Å². The Morgan fingerprint density at radius 2 is 1.84 bits per heavy atom. The van der Waals surface area contributed by atoms with E-state index in [4.69, 9.17) is 0 Å². The van der Waals surface area contributed by atoms with Crippen molar-refractivity contribution in [2.45, 2.75) is 40.0 Å². The average molecular weight is 359 g/mol. The molecule has 0 atom stereocenters. The molecule has 5 nitrogen and oxygen atoms in total. The van der Waals surface area contributed by atoms with E-state index in [-0.39, 0.29) is 17.7 Å². The number of amides is 2. The molecule has 0 spiro atoms. The Morgan fingerprint density at radius 3 is 2.44 bits per heavy atom. The number of carbonyl (C=O) groups is 2. The summed E-state index contributed by atoms with van der Waals surface area (Å²) in [5.74, 6) is 0.156. The van der Waals surface area contributed by atoms with Crippen molar-refractivity contribution in [1.82, 2.24) is 10.3 Å². The van der Waals surface area contributed by atoms with Crippen molar-refractivity contribution in [1.29, 1.82) is 0 Å². The second-order valence-electron chi connectivity index (χ2n) is 5.94. The van der Waals surface area contributed by atoms with Gasteiger partial charge in [0.2, 0.25) is 11.8 Å². The standard InChI is InChI=1S/C19H25N3O2S/c1-4-14(5-2)19(24)20-11-10-18-22-17(12-25-18)15-6-8-16(9-7-15)21-13(3)23/h6-9,12,14H,4-5,10-11H2,1-3H3,(H,20,24)(H,21,23). The van der Waals surface area contributed by atoms with Crippen LogP contribution in [0.25, 0.3) is 11.3 Å². The molecule has 0 radical (unpaired) electrons. The molecule has 2 rings (SSSR count). The fraction of sp³-hybridized carbons (Fsp3) is 0.421. The van der Waals surface area contributed by atoms with Gasteiger partial charge in [0.25, 0.3) is 0 Å². The van der Waals surface area contributed by atoms with Gasteiger partial charge in [0, 0.05) is 42.4 Å². The summed E-state index contributed by atoms with van der Waals surface area (Å²) < 4.78 is 0. The number of nitrogens with one attached hydrogen (secondary N) is 2. The lowest BCUT2D eigenvalue weighted by Crippen LogP contribution is -2.31. The Balaban J connectivity index is 1.89. The SMILES string of the molecule is CCC(CC)C(=O)NCCc1nc(-c2ccc(NC(C)=O)cc2)cs1. The van der Waals surface area contributed by atoms with Gasteiger partial charge in [-0.3, -0.25) is 9.59 Å². The molecule has 6 heteroatoms. The minimum Gasteiger partial charge on any atom is -0.355 e. The predicted molar refractivity (Wildman–Crippen MR) is 103 cm³/mol.